The first kappa shape index (κ1) is 19.0. The van der Waals surface area contributed by atoms with Gasteiger partial charge in [-0.15, -0.1) is 25.3 Å². The van der Waals surface area contributed by atoms with Gasteiger partial charge < -0.3 is 10.2 Å². The lowest BCUT2D eigenvalue weighted by molar-refractivity contribution is 0.475. The van der Waals surface area contributed by atoms with Crippen LogP contribution < -0.4 is 0 Å². The van der Waals surface area contributed by atoms with E-state index in [1.807, 2.05) is 37.3 Å². The van der Waals surface area contributed by atoms with E-state index in [1.54, 1.807) is 48.5 Å². The van der Waals surface area contributed by atoms with Gasteiger partial charge in [-0.05, 0) is 42.8 Å². The van der Waals surface area contributed by atoms with Crippen LogP contribution in [0.5, 0.6) is 11.5 Å². The van der Waals surface area contributed by atoms with E-state index in [-0.39, 0.29) is 0 Å². The van der Waals surface area contributed by atoms with E-state index in [0.717, 1.165) is 9.79 Å². The van der Waals surface area contributed by atoms with Crippen LogP contribution in [0.3, 0.4) is 0 Å². The summed E-state index contributed by atoms with van der Waals surface area (Å²) in [5, 5.41) is 17.3. The molecule has 0 saturated carbocycles. The van der Waals surface area contributed by atoms with Crippen molar-refractivity contribution < 1.29 is 10.2 Å². The Balaban J connectivity index is 0.000000175. The van der Waals surface area contributed by atoms with Gasteiger partial charge in [0.25, 0.3) is 0 Å². The summed E-state index contributed by atoms with van der Waals surface area (Å²) in [7, 11) is 0. The van der Waals surface area contributed by atoms with Crippen molar-refractivity contribution >= 4 is 25.3 Å². The van der Waals surface area contributed by atoms with Crippen LogP contribution in [0.2, 0.25) is 0 Å². The first-order chi connectivity index (χ1) is 11.0. The number of hydrogen-bond acceptors (Lipinski definition) is 4. The molecular formula is C19H20O2S2. The van der Waals surface area contributed by atoms with E-state index in [2.05, 4.69) is 25.3 Å². The average molecular weight is 345 g/mol. The molecule has 0 bridgehead atoms. The first-order valence-corrected chi connectivity index (χ1v) is 7.85. The predicted molar refractivity (Wildman–Crippen MR) is 102 cm³/mol. The van der Waals surface area contributed by atoms with Crippen LogP contribution in [0.25, 0.3) is 0 Å². The van der Waals surface area contributed by atoms with Crippen molar-refractivity contribution in [1.29, 1.82) is 0 Å². The normalized spacial score (nSPS) is 9.00. The summed E-state index contributed by atoms with van der Waals surface area (Å²) in [6, 6.07) is 23.3. The lowest BCUT2D eigenvalue weighted by Gasteiger charge is -1.98. The SMILES string of the molecule is Cc1cccc(S)c1S.Oc1ccccc1.Oc1ccccc1. The molecule has 0 fully saturated rings. The fourth-order valence-corrected chi connectivity index (χ4v) is 1.91. The molecule has 0 atom stereocenters. The van der Waals surface area contributed by atoms with Gasteiger partial charge >= 0.3 is 0 Å². The Morgan fingerprint density at radius 2 is 1.04 bits per heavy atom. The van der Waals surface area contributed by atoms with Crippen LogP contribution in [-0.2, 0) is 0 Å². The highest BCUT2D eigenvalue weighted by molar-refractivity contribution is 7.83. The van der Waals surface area contributed by atoms with Gasteiger partial charge in [-0.2, -0.15) is 0 Å². The highest BCUT2D eigenvalue weighted by atomic mass is 32.1. The molecule has 3 aromatic carbocycles. The molecule has 2 nitrogen and oxygen atoms in total. The summed E-state index contributed by atoms with van der Waals surface area (Å²) in [6.07, 6.45) is 0. The molecular weight excluding hydrogens is 324 g/mol. The molecule has 3 aromatic rings. The Bertz CT molecular complexity index is 628. The predicted octanol–water partition coefficient (Wildman–Crippen LogP) is 5.36. The number of rotatable bonds is 0. The molecule has 2 N–H and O–H groups in total. The third-order valence-corrected chi connectivity index (χ3v) is 3.87. The standard InChI is InChI=1S/C7H8S2.2C6H6O/c1-5-3-2-4-6(8)7(5)9;2*7-6-4-2-1-3-5-6/h2-4,8-9H,1H3;2*1-5,7H. The van der Waals surface area contributed by atoms with Gasteiger partial charge in [-0.25, -0.2) is 0 Å². The van der Waals surface area contributed by atoms with E-state index in [1.165, 1.54) is 5.56 Å². The van der Waals surface area contributed by atoms with E-state index in [0.29, 0.717) is 11.5 Å². The minimum Gasteiger partial charge on any atom is -0.508 e. The Hall–Kier alpha value is -2.04. The van der Waals surface area contributed by atoms with Gasteiger partial charge in [0, 0.05) is 9.79 Å². The van der Waals surface area contributed by atoms with Crippen molar-refractivity contribution in [2.24, 2.45) is 0 Å². The monoisotopic (exact) mass is 344 g/mol. The number of aryl methyl sites for hydroxylation is 1. The third-order valence-electron chi connectivity index (χ3n) is 2.73. The molecule has 23 heavy (non-hydrogen) atoms. The second-order valence-electron chi connectivity index (χ2n) is 4.61. The van der Waals surface area contributed by atoms with Crippen molar-refractivity contribution in [3.63, 3.8) is 0 Å². The molecule has 4 heteroatoms. The molecule has 0 aliphatic carbocycles. The second kappa shape index (κ2) is 10.6. The number of hydrogen-bond donors (Lipinski definition) is 4. The Morgan fingerprint density at radius 3 is 1.30 bits per heavy atom. The second-order valence-corrected chi connectivity index (χ2v) is 5.54. The van der Waals surface area contributed by atoms with Gasteiger partial charge in [-0.3, -0.25) is 0 Å². The van der Waals surface area contributed by atoms with Crippen molar-refractivity contribution in [3.05, 3.63) is 84.4 Å². The molecule has 120 valence electrons. The molecule has 0 aromatic heterocycles. The third kappa shape index (κ3) is 8.24. The summed E-state index contributed by atoms with van der Waals surface area (Å²) in [5.41, 5.74) is 1.17. The van der Waals surface area contributed by atoms with Crippen molar-refractivity contribution in [1.82, 2.24) is 0 Å². The van der Waals surface area contributed by atoms with Crippen LogP contribution in [0.4, 0.5) is 0 Å². The number of phenolic OH excluding ortho intramolecular Hbond substituents is 2. The van der Waals surface area contributed by atoms with Crippen molar-refractivity contribution in [2.75, 3.05) is 0 Å². The van der Waals surface area contributed by atoms with E-state index >= 15 is 0 Å². The Kier molecular flexibility index (Phi) is 8.80. The van der Waals surface area contributed by atoms with Crippen LogP contribution in [0.15, 0.2) is 88.7 Å². The molecule has 0 radical (unpaired) electrons. The maximum atomic E-state index is 8.63. The summed E-state index contributed by atoms with van der Waals surface area (Å²) < 4.78 is 0. The molecule has 3 rings (SSSR count). The summed E-state index contributed by atoms with van der Waals surface area (Å²) in [6.45, 7) is 2.02. The molecule has 0 spiro atoms. The number of aromatic hydroxyl groups is 2. The molecule has 0 heterocycles. The van der Waals surface area contributed by atoms with Gasteiger partial charge in [0.1, 0.15) is 11.5 Å². The van der Waals surface area contributed by atoms with Crippen LogP contribution in [0.1, 0.15) is 5.56 Å². The topological polar surface area (TPSA) is 40.5 Å². The maximum Gasteiger partial charge on any atom is 0.115 e. The van der Waals surface area contributed by atoms with Crippen molar-refractivity contribution in [3.8, 4) is 11.5 Å². The zero-order valence-corrected chi connectivity index (χ0v) is 14.6. The highest BCUT2D eigenvalue weighted by Gasteiger charge is 1.93. The molecule has 0 amide bonds. The lowest BCUT2D eigenvalue weighted by Crippen LogP contribution is -1.75. The van der Waals surface area contributed by atoms with E-state index in [4.69, 9.17) is 10.2 Å². The fraction of sp³-hybridized carbons (Fsp3) is 0.0526. The lowest BCUT2D eigenvalue weighted by atomic mass is 10.2. The van der Waals surface area contributed by atoms with E-state index in [9.17, 15) is 0 Å². The van der Waals surface area contributed by atoms with Crippen LogP contribution >= 0.6 is 25.3 Å². The summed E-state index contributed by atoms with van der Waals surface area (Å²) >= 11 is 8.43. The minimum atomic E-state index is 0.322. The molecule has 0 aliphatic heterocycles. The molecule has 0 saturated heterocycles. The number of phenols is 2. The van der Waals surface area contributed by atoms with Crippen LogP contribution in [-0.4, -0.2) is 10.2 Å². The average Bonchev–Trinajstić information content (AvgIpc) is 2.55. The quantitative estimate of drug-likeness (QED) is 0.415. The summed E-state index contributed by atoms with van der Waals surface area (Å²) in [5.74, 6) is 0.644. The summed E-state index contributed by atoms with van der Waals surface area (Å²) in [4.78, 5) is 1.92. The smallest absolute Gasteiger partial charge is 0.115 e. The fourth-order valence-electron chi connectivity index (χ4n) is 1.50. The van der Waals surface area contributed by atoms with E-state index < -0.39 is 0 Å². The van der Waals surface area contributed by atoms with Gasteiger partial charge in [0.15, 0.2) is 0 Å². The van der Waals surface area contributed by atoms with Gasteiger partial charge in [0.05, 0.1) is 0 Å². The number of thiol groups is 2. The molecule has 0 unspecified atom stereocenters. The highest BCUT2D eigenvalue weighted by Crippen LogP contribution is 2.20. The molecule has 0 aliphatic rings. The first-order valence-electron chi connectivity index (χ1n) is 6.96. The maximum absolute atomic E-state index is 8.63. The number of para-hydroxylation sites is 2. The Labute approximate surface area is 148 Å². The van der Waals surface area contributed by atoms with Crippen molar-refractivity contribution in [2.45, 2.75) is 16.7 Å². The largest absolute Gasteiger partial charge is 0.508 e. The van der Waals surface area contributed by atoms with Gasteiger partial charge in [0.2, 0.25) is 0 Å². The van der Waals surface area contributed by atoms with Gasteiger partial charge in [-0.1, -0.05) is 48.5 Å². The number of benzene rings is 3. The zero-order valence-electron chi connectivity index (χ0n) is 12.8. The minimum absolute atomic E-state index is 0.322. The van der Waals surface area contributed by atoms with Crippen LogP contribution in [0, 0.1) is 6.92 Å². The zero-order chi connectivity index (χ0) is 17.1. The Morgan fingerprint density at radius 1 is 0.609 bits per heavy atom.